The van der Waals surface area contributed by atoms with Crippen LogP contribution in [0.25, 0.3) is 0 Å². The van der Waals surface area contributed by atoms with Crippen molar-refractivity contribution in [3.63, 3.8) is 0 Å². The summed E-state index contributed by atoms with van der Waals surface area (Å²) in [7, 11) is -3.73. The molecule has 3 nitrogen and oxygen atoms in total. The molecule has 0 saturated carbocycles. The predicted molar refractivity (Wildman–Crippen MR) is 69.4 cm³/mol. The van der Waals surface area contributed by atoms with Crippen LogP contribution in [0.5, 0.6) is 0 Å². The first-order valence-corrected chi connectivity index (χ1v) is 8.12. The molecule has 0 saturated heterocycles. The molecule has 0 bridgehead atoms. The minimum Gasteiger partial charge on any atom is -1.00 e. The number of hydrogen-bond acceptors (Lipinski definition) is 2. The van der Waals surface area contributed by atoms with Crippen LogP contribution in [0.1, 0.15) is 72.6 Å². The van der Waals surface area contributed by atoms with Crippen LogP contribution < -0.4 is 29.6 Å². The van der Waals surface area contributed by atoms with Crippen LogP contribution in [0.3, 0.4) is 0 Å². The van der Waals surface area contributed by atoms with Crippen molar-refractivity contribution in [1.82, 2.24) is 0 Å². The molecule has 0 unspecified atom stereocenters. The Labute approximate surface area is 130 Å². The van der Waals surface area contributed by atoms with Gasteiger partial charge in [0, 0.05) is 0 Å². The normalized spacial score (nSPS) is 11.2. The number of unbranched alkanes of at least 4 members (excludes halogenated alkanes) is 9. The van der Waals surface area contributed by atoms with Gasteiger partial charge < -0.3 is 1.43 Å². The Kier molecular flexibility index (Phi) is 15.9. The van der Waals surface area contributed by atoms with E-state index in [1.807, 2.05) is 0 Å². The van der Waals surface area contributed by atoms with Gasteiger partial charge in [-0.1, -0.05) is 64.7 Å². The van der Waals surface area contributed by atoms with Crippen LogP contribution in [-0.4, -0.2) is 18.7 Å². The van der Waals surface area contributed by atoms with Gasteiger partial charge in [0.2, 0.25) is 0 Å². The van der Waals surface area contributed by atoms with E-state index in [1.165, 1.54) is 44.9 Å². The van der Waals surface area contributed by atoms with E-state index in [-0.39, 0.29) is 36.7 Å². The first-order valence-electron chi connectivity index (χ1n) is 6.51. The molecular weight excluding hydrogens is 247 g/mol. The second-order valence-corrected chi connectivity index (χ2v) is 6.04. The van der Waals surface area contributed by atoms with E-state index in [9.17, 15) is 8.42 Å². The molecule has 0 fully saturated rings. The molecule has 0 aliphatic carbocycles. The van der Waals surface area contributed by atoms with Gasteiger partial charge in [-0.05, 0) is 6.42 Å². The second kappa shape index (κ2) is 13.3. The molecule has 5 heteroatoms. The van der Waals surface area contributed by atoms with Gasteiger partial charge in [0.1, 0.15) is 0 Å². The maximum Gasteiger partial charge on any atom is 1.00 e. The van der Waals surface area contributed by atoms with Crippen molar-refractivity contribution >= 4 is 10.1 Å². The fourth-order valence-corrected chi connectivity index (χ4v) is 2.34. The third kappa shape index (κ3) is 19.4. The molecule has 0 aromatic heterocycles. The van der Waals surface area contributed by atoms with E-state index in [0.29, 0.717) is 6.42 Å². The molecule has 0 heterocycles. The molecule has 0 spiro atoms. The molecule has 0 aromatic rings. The average molecular weight is 274 g/mol. The summed E-state index contributed by atoms with van der Waals surface area (Å²) in [5, 5.41) is 0. The van der Waals surface area contributed by atoms with Crippen molar-refractivity contribution in [3.8, 4) is 0 Å². The van der Waals surface area contributed by atoms with Crippen LogP contribution in [-0.2, 0) is 10.1 Å². The summed E-state index contributed by atoms with van der Waals surface area (Å²) in [4.78, 5) is 0. The Morgan fingerprint density at radius 2 is 1.18 bits per heavy atom. The molecule has 17 heavy (non-hydrogen) atoms. The minimum atomic E-state index is -3.73. The van der Waals surface area contributed by atoms with Crippen LogP contribution in [0.2, 0.25) is 0 Å². The zero-order valence-electron chi connectivity index (χ0n) is 12.5. The summed E-state index contributed by atoms with van der Waals surface area (Å²) >= 11 is 0. The van der Waals surface area contributed by atoms with Crippen LogP contribution in [0.15, 0.2) is 0 Å². The summed E-state index contributed by atoms with van der Waals surface area (Å²) in [6, 6.07) is 0. The third-order valence-electron chi connectivity index (χ3n) is 2.76. The van der Waals surface area contributed by atoms with Crippen LogP contribution in [0.4, 0.5) is 0 Å². The number of rotatable bonds is 11. The molecule has 0 atom stereocenters. The fourth-order valence-electron chi connectivity index (χ4n) is 1.77. The average Bonchev–Trinajstić information content (AvgIpc) is 2.19. The molecule has 0 amide bonds. The van der Waals surface area contributed by atoms with Gasteiger partial charge in [-0.25, -0.2) is 0 Å². The Balaban J connectivity index is -0.00000112. The molecule has 0 aromatic carbocycles. The van der Waals surface area contributed by atoms with Gasteiger partial charge in [-0.3, -0.25) is 4.55 Å². The largest absolute Gasteiger partial charge is 1.00 e. The van der Waals surface area contributed by atoms with Gasteiger partial charge >= 0.3 is 29.6 Å². The van der Waals surface area contributed by atoms with Gasteiger partial charge in [-0.2, -0.15) is 8.42 Å². The van der Waals surface area contributed by atoms with E-state index in [2.05, 4.69) is 6.92 Å². The SMILES string of the molecule is CCCCCCCCCCCCS(=O)(=O)O.[H-].[Na+]. The molecule has 0 aliphatic rings. The van der Waals surface area contributed by atoms with E-state index in [4.69, 9.17) is 4.55 Å². The summed E-state index contributed by atoms with van der Waals surface area (Å²) in [5.41, 5.74) is 0. The summed E-state index contributed by atoms with van der Waals surface area (Å²) in [6.45, 7) is 2.22. The smallest absolute Gasteiger partial charge is 1.00 e. The van der Waals surface area contributed by atoms with E-state index in [0.717, 1.165) is 12.8 Å². The first-order chi connectivity index (χ1) is 7.56. The Morgan fingerprint density at radius 1 is 0.824 bits per heavy atom. The molecule has 0 rings (SSSR count). The van der Waals surface area contributed by atoms with Gasteiger partial charge in [0.25, 0.3) is 10.1 Å². The Hall–Kier alpha value is 0.910. The van der Waals surface area contributed by atoms with Crippen LogP contribution >= 0.6 is 0 Å². The quantitative estimate of drug-likeness (QED) is 0.346. The second-order valence-electron chi connectivity index (χ2n) is 4.47. The summed E-state index contributed by atoms with van der Waals surface area (Å²) < 4.78 is 29.4. The number of hydrogen-bond donors (Lipinski definition) is 1. The topological polar surface area (TPSA) is 54.4 Å². The molecule has 1 N–H and O–H groups in total. The molecular formula is C12H27NaO3S. The van der Waals surface area contributed by atoms with E-state index in [1.54, 1.807) is 0 Å². The van der Waals surface area contributed by atoms with Crippen molar-refractivity contribution in [2.45, 2.75) is 71.1 Å². The van der Waals surface area contributed by atoms with Crippen molar-refractivity contribution < 1.29 is 44.0 Å². The van der Waals surface area contributed by atoms with Gasteiger partial charge in [0.15, 0.2) is 0 Å². The predicted octanol–water partition coefficient (Wildman–Crippen LogP) is 0.912. The zero-order valence-corrected chi connectivity index (χ0v) is 14.3. The van der Waals surface area contributed by atoms with Crippen molar-refractivity contribution in [3.05, 3.63) is 0 Å². The maximum absolute atomic E-state index is 10.4. The Morgan fingerprint density at radius 3 is 1.53 bits per heavy atom. The van der Waals surface area contributed by atoms with Crippen LogP contribution in [0, 0.1) is 0 Å². The molecule has 0 radical (unpaired) electrons. The standard InChI is InChI=1S/C12H26O3S.Na.H/c1-2-3-4-5-6-7-8-9-10-11-12-16(13,14)15;;/h2-12H2,1H3,(H,13,14,15);;/q;+1;-1. The molecule has 100 valence electrons. The fraction of sp³-hybridized carbons (Fsp3) is 1.00. The first kappa shape index (κ1) is 20.2. The van der Waals surface area contributed by atoms with Crippen molar-refractivity contribution in [1.29, 1.82) is 0 Å². The monoisotopic (exact) mass is 274 g/mol. The Bertz CT molecular complexity index is 246. The van der Waals surface area contributed by atoms with E-state index < -0.39 is 10.1 Å². The van der Waals surface area contributed by atoms with Gasteiger partial charge in [-0.15, -0.1) is 0 Å². The summed E-state index contributed by atoms with van der Waals surface area (Å²) in [6.07, 6.45) is 11.7. The van der Waals surface area contributed by atoms with Crippen molar-refractivity contribution in [2.24, 2.45) is 0 Å². The zero-order chi connectivity index (χ0) is 12.3. The summed E-state index contributed by atoms with van der Waals surface area (Å²) in [5.74, 6) is -0.0799. The van der Waals surface area contributed by atoms with E-state index >= 15 is 0 Å². The maximum atomic E-state index is 10.4. The third-order valence-corrected chi connectivity index (χ3v) is 3.56. The molecule has 0 aliphatic heterocycles. The minimum absolute atomic E-state index is 0. The van der Waals surface area contributed by atoms with Gasteiger partial charge in [0.05, 0.1) is 5.75 Å². The van der Waals surface area contributed by atoms with Crippen molar-refractivity contribution in [2.75, 3.05) is 5.75 Å².